The first-order chi connectivity index (χ1) is 10.1. The van der Waals surface area contributed by atoms with Gasteiger partial charge in [-0.1, -0.05) is 40.5 Å². The zero-order valence-corrected chi connectivity index (χ0v) is 14.4. The van der Waals surface area contributed by atoms with Gasteiger partial charge in [-0.3, -0.25) is 0 Å². The van der Waals surface area contributed by atoms with E-state index in [1.54, 1.807) is 0 Å². The van der Waals surface area contributed by atoms with E-state index in [2.05, 4.69) is 39.8 Å². The van der Waals surface area contributed by atoms with Crippen LogP contribution in [-0.2, 0) is 4.74 Å². The summed E-state index contributed by atoms with van der Waals surface area (Å²) < 4.78 is 5.63. The lowest BCUT2D eigenvalue weighted by atomic mass is 9.76. The van der Waals surface area contributed by atoms with Crippen molar-refractivity contribution in [1.29, 1.82) is 0 Å². The average Bonchev–Trinajstić information content (AvgIpc) is 2.42. The summed E-state index contributed by atoms with van der Waals surface area (Å²) in [5, 5.41) is 0. The first kappa shape index (κ1) is 16.6. The lowest BCUT2D eigenvalue weighted by Gasteiger charge is -2.30. The summed E-state index contributed by atoms with van der Waals surface area (Å²) in [5.41, 5.74) is 0. The van der Waals surface area contributed by atoms with Gasteiger partial charge in [0.25, 0.3) is 0 Å². The summed E-state index contributed by atoms with van der Waals surface area (Å²) in [4.78, 5) is 0. The van der Waals surface area contributed by atoms with E-state index in [1.807, 2.05) is 12.5 Å². The fourth-order valence-corrected chi connectivity index (χ4v) is 4.29. The van der Waals surface area contributed by atoms with Crippen LogP contribution in [0.2, 0.25) is 0 Å². The van der Waals surface area contributed by atoms with Crippen molar-refractivity contribution < 1.29 is 4.74 Å². The van der Waals surface area contributed by atoms with E-state index in [1.165, 1.54) is 38.5 Å². The Morgan fingerprint density at radius 2 is 1.10 bits per heavy atom. The molecule has 0 spiro atoms. The van der Waals surface area contributed by atoms with Gasteiger partial charge in [0.05, 0.1) is 12.5 Å². The van der Waals surface area contributed by atoms with Crippen molar-refractivity contribution in [2.24, 2.45) is 35.5 Å². The predicted octanol–water partition coefficient (Wildman–Crippen LogP) is 6.18. The molecule has 0 bridgehead atoms. The van der Waals surface area contributed by atoms with Crippen molar-refractivity contribution in [2.75, 3.05) is 0 Å². The van der Waals surface area contributed by atoms with Crippen molar-refractivity contribution in [2.45, 2.75) is 66.2 Å². The third-order valence-electron chi connectivity index (χ3n) is 5.80. The van der Waals surface area contributed by atoms with Gasteiger partial charge in [0.2, 0.25) is 0 Å². The Balaban J connectivity index is 1.71. The second-order valence-electron chi connectivity index (χ2n) is 7.91. The molecule has 2 aliphatic rings. The molecule has 1 nitrogen and oxygen atoms in total. The number of hydrogen-bond acceptors (Lipinski definition) is 1. The molecule has 6 atom stereocenters. The molecule has 120 valence electrons. The van der Waals surface area contributed by atoms with Crippen LogP contribution in [0.4, 0.5) is 0 Å². The zero-order valence-electron chi connectivity index (χ0n) is 14.4. The van der Waals surface area contributed by atoms with Crippen LogP contribution in [0.25, 0.3) is 0 Å². The molecule has 2 aliphatic carbocycles. The number of allylic oxidation sites excluding steroid dienone is 2. The molecule has 2 rings (SSSR count). The normalized spacial score (nSPS) is 41.7. The Hall–Kier alpha value is -0.720. The highest BCUT2D eigenvalue weighted by Gasteiger charge is 2.24. The van der Waals surface area contributed by atoms with Crippen molar-refractivity contribution in [3.8, 4) is 0 Å². The van der Waals surface area contributed by atoms with E-state index < -0.39 is 0 Å². The molecule has 0 saturated heterocycles. The first-order valence-electron chi connectivity index (χ1n) is 9.05. The minimum Gasteiger partial charge on any atom is -0.473 e. The van der Waals surface area contributed by atoms with Crippen LogP contribution >= 0.6 is 0 Å². The second kappa shape index (κ2) is 8.06. The van der Waals surface area contributed by atoms with Crippen LogP contribution in [0.3, 0.4) is 0 Å². The molecule has 0 radical (unpaired) electrons. The number of ether oxygens (including phenoxy) is 1. The topological polar surface area (TPSA) is 9.23 Å². The Bertz CT molecular complexity index is 323. The SMILES string of the molecule is CC1CCC(C=COC=CC2CCC(C)CC2C)C(C)C1. The third kappa shape index (κ3) is 5.20. The molecule has 0 aliphatic heterocycles. The first-order valence-corrected chi connectivity index (χ1v) is 9.05. The maximum atomic E-state index is 5.63. The van der Waals surface area contributed by atoms with E-state index in [4.69, 9.17) is 4.74 Å². The van der Waals surface area contributed by atoms with E-state index >= 15 is 0 Å². The Kier molecular flexibility index (Phi) is 6.39. The maximum Gasteiger partial charge on any atom is 0.0864 e. The lowest BCUT2D eigenvalue weighted by molar-refractivity contribution is 0.235. The molecular formula is C20H34O. The van der Waals surface area contributed by atoms with Gasteiger partial charge in [-0.05, 0) is 73.3 Å². The minimum absolute atomic E-state index is 0.712. The van der Waals surface area contributed by atoms with Gasteiger partial charge >= 0.3 is 0 Å². The molecule has 2 saturated carbocycles. The van der Waals surface area contributed by atoms with Crippen molar-refractivity contribution >= 4 is 0 Å². The summed E-state index contributed by atoms with van der Waals surface area (Å²) in [7, 11) is 0. The van der Waals surface area contributed by atoms with E-state index in [0.717, 1.165) is 23.7 Å². The molecule has 2 fully saturated rings. The highest BCUT2D eigenvalue weighted by Crippen LogP contribution is 2.35. The molecule has 0 aromatic heterocycles. The predicted molar refractivity (Wildman–Crippen MR) is 90.7 cm³/mol. The summed E-state index contributed by atoms with van der Waals surface area (Å²) in [6, 6.07) is 0. The van der Waals surface area contributed by atoms with Gasteiger partial charge in [0.15, 0.2) is 0 Å². The summed E-state index contributed by atoms with van der Waals surface area (Å²) in [6.07, 6.45) is 16.5. The van der Waals surface area contributed by atoms with Crippen LogP contribution in [0.1, 0.15) is 66.2 Å². The van der Waals surface area contributed by atoms with E-state index in [-0.39, 0.29) is 0 Å². The summed E-state index contributed by atoms with van der Waals surface area (Å²) >= 11 is 0. The molecule has 6 unspecified atom stereocenters. The standard InChI is InChI=1S/C20H34O/c1-15-5-7-19(17(3)13-15)9-11-21-12-10-20-8-6-16(2)14-18(20)4/h9-12,15-20H,5-8,13-14H2,1-4H3. The highest BCUT2D eigenvalue weighted by atomic mass is 16.5. The molecule has 0 heterocycles. The quantitative estimate of drug-likeness (QED) is 0.562. The molecule has 0 N–H and O–H groups in total. The second-order valence-corrected chi connectivity index (χ2v) is 7.91. The number of rotatable bonds is 4. The molecular weight excluding hydrogens is 256 g/mol. The van der Waals surface area contributed by atoms with Gasteiger partial charge in [0.1, 0.15) is 0 Å². The Labute approximate surface area is 131 Å². The summed E-state index contributed by atoms with van der Waals surface area (Å²) in [6.45, 7) is 9.51. The summed E-state index contributed by atoms with van der Waals surface area (Å²) in [5.74, 6) is 4.84. The fraction of sp³-hybridized carbons (Fsp3) is 0.800. The van der Waals surface area contributed by atoms with Gasteiger partial charge in [-0.2, -0.15) is 0 Å². The van der Waals surface area contributed by atoms with Crippen LogP contribution in [0.15, 0.2) is 24.7 Å². The zero-order chi connectivity index (χ0) is 15.2. The molecule has 0 aromatic rings. The molecule has 0 aromatic carbocycles. The Morgan fingerprint density at radius 1 is 0.667 bits per heavy atom. The highest BCUT2D eigenvalue weighted by molar-refractivity contribution is 4.93. The minimum atomic E-state index is 0.712. The van der Waals surface area contributed by atoms with Crippen LogP contribution in [-0.4, -0.2) is 0 Å². The molecule has 21 heavy (non-hydrogen) atoms. The van der Waals surface area contributed by atoms with Crippen molar-refractivity contribution in [1.82, 2.24) is 0 Å². The van der Waals surface area contributed by atoms with Crippen LogP contribution in [0, 0.1) is 35.5 Å². The van der Waals surface area contributed by atoms with Gasteiger partial charge in [0, 0.05) is 0 Å². The maximum absolute atomic E-state index is 5.63. The van der Waals surface area contributed by atoms with Gasteiger partial charge in [-0.25, -0.2) is 0 Å². The number of hydrogen-bond donors (Lipinski definition) is 0. The van der Waals surface area contributed by atoms with Gasteiger partial charge in [-0.15, -0.1) is 0 Å². The fourth-order valence-electron chi connectivity index (χ4n) is 4.29. The third-order valence-corrected chi connectivity index (χ3v) is 5.80. The average molecular weight is 290 g/mol. The van der Waals surface area contributed by atoms with Crippen LogP contribution < -0.4 is 0 Å². The van der Waals surface area contributed by atoms with Crippen LogP contribution in [0.5, 0.6) is 0 Å². The monoisotopic (exact) mass is 290 g/mol. The largest absolute Gasteiger partial charge is 0.473 e. The van der Waals surface area contributed by atoms with Crippen molar-refractivity contribution in [3.05, 3.63) is 24.7 Å². The lowest BCUT2D eigenvalue weighted by Crippen LogP contribution is -2.20. The van der Waals surface area contributed by atoms with Crippen molar-refractivity contribution in [3.63, 3.8) is 0 Å². The smallest absolute Gasteiger partial charge is 0.0864 e. The Morgan fingerprint density at radius 3 is 1.48 bits per heavy atom. The molecule has 0 amide bonds. The van der Waals surface area contributed by atoms with E-state index in [0.29, 0.717) is 11.8 Å². The molecule has 1 heteroatoms. The van der Waals surface area contributed by atoms with Gasteiger partial charge < -0.3 is 4.74 Å². The van der Waals surface area contributed by atoms with E-state index in [9.17, 15) is 0 Å².